The average molecular weight is 285 g/mol. The smallest absolute Gasteiger partial charge is 0.241 e. The summed E-state index contributed by atoms with van der Waals surface area (Å²) in [4.78, 5) is 8.50. The molecule has 0 aliphatic heterocycles. The number of hydrazine groups is 1. The molecule has 3 aromatic rings. The van der Waals surface area contributed by atoms with E-state index in [-0.39, 0.29) is 0 Å². The number of nitrogens with two attached hydrogens (primary N) is 1. The number of nitrogens with zero attached hydrogens (tertiary/aromatic N) is 3. The number of hydrogen-bond donors (Lipinski definition) is 4. The fraction of sp³-hybridized carbons (Fsp3) is 0.154. The zero-order chi connectivity index (χ0) is 14.8. The summed E-state index contributed by atoms with van der Waals surface area (Å²) >= 11 is 0. The minimum atomic E-state index is 0.292. The van der Waals surface area contributed by atoms with Gasteiger partial charge in [-0.2, -0.15) is 15.1 Å². The van der Waals surface area contributed by atoms with Crippen molar-refractivity contribution in [1.29, 1.82) is 0 Å². The highest BCUT2D eigenvalue weighted by Crippen LogP contribution is 2.30. The Kier molecular flexibility index (Phi) is 3.28. The SMILES string of the molecule is COc1ccc(C)cc1Nc1nc(NN)nc2[nH]ncc12. The molecule has 1 aromatic carbocycles. The van der Waals surface area contributed by atoms with Crippen LogP contribution in [0, 0.1) is 6.92 Å². The van der Waals surface area contributed by atoms with E-state index < -0.39 is 0 Å². The first-order valence-corrected chi connectivity index (χ1v) is 6.30. The molecule has 0 bridgehead atoms. The van der Waals surface area contributed by atoms with Crippen molar-refractivity contribution in [3.05, 3.63) is 30.0 Å². The summed E-state index contributed by atoms with van der Waals surface area (Å²) in [5.74, 6) is 6.99. The Morgan fingerprint density at radius 1 is 1.29 bits per heavy atom. The summed E-state index contributed by atoms with van der Waals surface area (Å²) in [5.41, 5.74) is 4.94. The number of methoxy groups -OCH3 is 1. The maximum absolute atomic E-state index is 5.39. The Bertz CT molecular complexity index is 783. The fourth-order valence-electron chi connectivity index (χ4n) is 2.04. The highest BCUT2D eigenvalue weighted by atomic mass is 16.5. The molecule has 0 radical (unpaired) electrons. The van der Waals surface area contributed by atoms with E-state index in [1.54, 1.807) is 13.3 Å². The second kappa shape index (κ2) is 5.25. The average Bonchev–Trinajstić information content (AvgIpc) is 2.96. The van der Waals surface area contributed by atoms with E-state index in [1.165, 1.54) is 0 Å². The van der Waals surface area contributed by atoms with Gasteiger partial charge in [-0.15, -0.1) is 0 Å². The van der Waals surface area contributed by atoms with Gasteiger partial charge in [-0.25, -0.2) is 5.84 Å². The zero-order valence-corrected chi connectivity index (χ0v) is 11.6. The van der Waals surface area contributed by atoms with E-state index in [9.17, 15) is 0 Å². The minimum absolute atomic E-state index is 0.292. The number of aromatic amines is 1. The molecule has 0 amide bonds. The molecule has 0 aliphatic carbocycles. The molecule has 108 valence electrons. The number of nitrogen functional groups attached to an aromatic ring is 1. The van der Waals surface area contributed by atoms with Gasteiger partial charge >= 0.3 is 0 Å². The number of benzene rings is 1. The molecule has 0 spiro atoms. The number of nitrogens with one attached hydrogen (secondary N) is 3. The van der Waals surface area contributed by atoms with Crippen LogP contribution in [0.25, 0.3) is 11.0 Å². The molecule has 5 N–H and O–H groups in total. The number of anilines is 3. The maximum atomic E-state index is 5.39. The molecular weight excluding hydrogens is 270 g/mol. The van der Waals surface area contributed by atoms with E-state index in [0.29, 0.717) is 17.4 Å². The van der Waals surface area contributed by atoms with Gasteiger partial charge in [0, 0.05) is 0 Å². The highest BCUT2D eigenvalue weighted by Gasteiger charge is 2.11. The molecule has 0 saturated carbocycles. The van der Waals surface area contributed by atoms with Gasteiger partial charge in [0.25, 0.3) is 0 Å². The molecule has 21 heavy (non-hydrogen) atoms. The van der Waals surface area contributed by atoms with Crippen molar-refractivity contribution in [2.45, 2.75) is 6.92 Å². The number of rotatable bonds is 4. The van der Waals surface area contributed by atoms with E-state index in [1.807, 2.05) is 25.1 Å². The molecular formula is C13H15N7O. The summed E-state index contributed by atoms with van der Waals surface area (Å²) in [6.07, 6.45) is 1.65. The zero-order valence-electron chi connectivity index (χ0n) is 11.6. The van der Waals surface area contributed by atoms with E-state index >= 15 is 0 Å². The maximum Gasteiger partial charge on any atom is 0.241 e. The van der Waals surface area contributed by atoms with Crippen molar-refractivity contribution in [1.82, 2.24) is 20.2 Å². The first-order valence-electron chi connectivity index (χ1n) is 6.30. The lowest BCUT2D eigenvalue weighted by Crippen LogP contribution is -2.11. The van der Waals surface area contributed by atoms with Gasteiger partial charge < -0.3 is 10.1 Å². The quantitative estimate of drug-likeness (QED) is 0.426. The molecule has 2 heterocycles. The van der Waals surface area contributed by atoms with Crippen molar-refractivity contribution in [2.75, 3.05) is 17.9 Å². The van der Waals surface area contributed by atoms with Gasteiger partial charge in [0.1, 0.15) is 11.6 Å². The van der Waals surface area contributed by atoms with Crippen molar-refractivity contribution in [3.8, 4) is 5.75 Å². The van der Waals surface area contributed by atoms with E-state index in [4.69, 9.17) is 10.6 Å². The highest BCUT2D eigenvalue weighted by molar-refractivity contribution is 5.89. The van der Waals surface area contributed by atoms with E-state index in [0.717, 1.165) is 22.4 Å². The van der Waals surface area contributed by atoms with Gasteiger partial charge in [0.05, 0.1) is 24.4 Å². The van der Waals surface area contributed by atoms with Gasteiger partial charge in [-0.3, -0.25) is 10.5 Å². The van der Waals surface area contributed by atoms with Gasteiger partial charge in [0.15, 0.2) is 5.65 Å². The predicted molar refractivity (Wildman–Crippen MR) is 80.5 cm³/mol. The normalized spacial score (nSPS) is 10.6. The van der Waals surface area contributed by atoms with Crippen LogP contribution in [0.15, 0.2) is 24.4 Å². The summed E-state index contributed by atoms with van der Waals surface area (Å²) in [6.45, 7) is 2.00. The molecule has 3 rings (SSSR count). The van der Waals surface area contributed by atoms with Gasteiger partial charge in [-0.1, -0.05) is 6.07 Å². The Morgan fingerprint density at radius 2 is 2.14 bits per heavy atom. The topological polar surface area (TPSA) is 114 Å². The number of hydrogen-bond acceptors (Lipinski definition) is 7. The first kappa shape index (κ1) is 13.1. The molecule has 8 heteroatoms. The van der Waals surface area contributed by atoms with Crippen LogP contribution in [0.2, 0.25) is 0 Å². The number of fused-ring (bicyclic) bond motifs is 1. The van der Waals surface area contributed by atoms with Crippen LogP contribution in [0.1, 0.15) is 5.56 Å². The van der Waals surface area contributed by atoms with Crippen LogP contribution in [0.4, 0.5) is 17.5 Å². The molecule has 0 fully saturated rings. The Hall–Kier alpha value is -2.87. The third-order valence-corrected chi connectivity index (χ3v) is 3.05. The Morgan fingerprint density at radius 3 is 2.90 bits per heavy atom. The number of aromatic nitrogens is 4. The van der Waals surface area contributed by atoms with Crippen LogP contribution < -0.4 is 21.3 Å². The second-order valence-electron chi connectivity index (χ2n) is 4.50. The van der Waals surface area contributed by atoms with E-state index in [2.05, 4.69) is 30.9 Å². The first-order chi connectivity index (χ1) is 10.2. The number of aryl methyl sites for hydroxylation is 1. The predicted octanol–water partition coefficient (Wildman–Crippen LogP) is 1.70. The third kappa shape index (κ3) is 2.43. The fourth-order valence-corrected chi connectivity index (χ4v) is 2.04. The lowest BCUT2D eigenvalue weighted by Gasteiger charge is -2.12. The molecule has 0 saturated heterocycles. The van der Waals surface area contributed by atoms with Crippen LogP contribution in [-0.2, 0) is 0 Å². The molecule has 0 atom stereocenters. The molecule has 8 nitrogen and oxygen atoms in total. The molecule has 0 unspecified atom stereocenters. The largest absolute Gasteiger partial charge is 0.495 e. The van der Waals surface area contributed by atoms with Crippen molar-refractivity contribution in [2.24, 2.45) is 5.84 Å². The van der Waals surface area contributed by atoms with Gasteiger partial charge in [0.2, 0.25) is 5.95 Å². The number of ether oxygens (including phenoxy) is 1. The van der Waals surface area contributed by atoms with Crippen molar-refractivity contribution >= 4 is 28.5 Å². The Balaban J connectivity index is 2.09. The second-order valence-corrected chi connectivity index (χ2v) is 4.50. The van der Waals surface area contributed by atoms with Crippen LogP contribution >= 0.6 is 0 Å². The lowest BCUT2D eigenvalue weighted by molar-refractivity contribution is 0.416. The molecule has 2 aromatic heterocycles. The minimum Gasteiger partial charge on any atom is -0.495 e. The number of H-pyrrole nitrogens is 1. The lowest BCUT2D eigenvalue weighted by atomic mass is 10.2. The summed E-state index contributed by atoms with van der Waals surface area (Å²) in [6, 6.07) is 5.85. The van der Waals surface area contributed by atoms with Crippen molar-refractivity contribution < 1.29 is 4.74 Å². The summed E-state index contributed by atoms with van der Waals surface area (Å²) < 4.78 is 5.35. The van der Waals surface area contributed by atoms with Crippen LogP contribution in [0.5, 0.6) is 5.75 Å². The Labute approximate surface area is 120 Å². The van der Waals surface area contributed by atoms with Gasteiger partial charge in [-0.05, 0) is 24.6 Å². The monoisotopic (exact) mass is 285 g/mol. The third-order valence-electron chi connectivity index (χ3n) is 3.05. The summed E-state index contributed by atoms with van der Waals surface area (Å²) in [7, 11) is 1.62. The summed E-state index contributed by atoms with van der Waals surface area (Å²) in [5, 5.41) is 10.8. The standard InChI is InChI=1S/C13H15N7O/c1-7-3-4-10(21-2)9(5-7)16-11-8-6-15-20-12(8)18-13(17-11)19-14/h3-6H,14H2,1-2H3,(H3,15,16,17,18,19,20). The van der Waals surface area contributed by atoms with Crippen molar-refractivity contribution in [3.63, 3.8) is 0 Å². The van der Waals surface area contributed by atoms with Crippen LogP contribution in [-0.4, -0.2) is 27.3 Å². The van der Waals surface area contributed by atoms with Crippen LogP contribution in [0.3, 0.4) is 0 Å². The molecule has 0 aliphatic rings.